The van der Waals surface area contributed by atoms with Crippen LogP contribution in [0.25, 0.3) is 17.3 Å². The second-order valence-electron chi connectivity index (χ2n) is 7.34. The lowest BCUT2D eigenvalue weighted by atomic mass is 10.1. The number of hydrogen-bond donors (Lipinski definition) is 1. The van der Waals surface area contributed by atoms with Crippen molar-refractivity contribution >= 4 is 17.7 Å². The molecule has 0 unspecified atom stereocenters. The van der Waals surface area contributed by atoms with E-state index in [1.54, 1.807) is 41.2 Å². The van der Waals surface area contributed by atoms with E-state index in [1.165, 1.54) is 17.8 Å². The Morgan fingerprint density at radius 1 is 1.12 bits per heavy atom. The first-order valence-electron chi connectivity index (χ1n) is 10.3. The Bertz CT molecular complexity index is 1190. The molecule has 1 N–H and O–H groups in total. The minimum atomic E-state index is -0.376. The number of carbonyl (C=O) groups excluding carboxylic acids is 1. The quantitative estimate of drug-likeness (QED) is 0.360. The maximum Gasteiger partial charge on any atom is 0.251 e. The van der Waals surface area contributed by atoms with E-state index < -0.39 is 0 Å². The molecule has 0 aliphatic carbocycles. The third kappa shape index (κ3) is 4.75. The summed E-state index contributed by atoms with van der Waals surface area (Å²) in [5, 5.41) is 12.0. The minimum absolute atomic E-state index is 0.0825. The van der Waals surface area contributed by atoms with Gasteiger partial charge < -0.3 is 9.73 Å². The van der Waals surface area contributed by atoms with Crippen molar-refractivity contribution in [2.75, 3.05) is 0 Å². The van der Waals surface area contributed by atoms with Crippen LogP contribution >= 0.6 is 11.8 Å². The fourth-order valence-corrected chi connectivity index (χ4v) is 3.99. The Kier molecular flexibility index (Phi) is 6.70. The molecule has 164 valence electrons. The first-order chi connectivity index (χ1) is 15.6. The van der Waals surface area contributed by atoms with Crippen molar-refractivity contribution in [2.45, 2.75) is 37.2 Å². The SMILES string of the molecule is CC[C@@H](C)NC(=O)c1ccc(CSc2nnc(-c3ccco3)n2-c2ccccc2F)cc1. The van der Waals surface area contributed by atoms with Gasteiger partial charge in [0, 0.05) is 17.4 Å². The van der Waals surface area contributed by atoms with Gasteiger partial charge in [-0.05, 0) is 55.3 Å². The molecule has 0 fully saturated rings. The molecule has 0 spiro atoms. The first kappa shape index (κ1) is 21.8. The summed E-state index contributed by atoms with van der Waals surface area (Å²) in [4.78, 5) is 12.3. The van der Waals surface area contributed by atoms with E-state index in [1.807, 2.05) is 38.1 Å². The zero-order valence-corrected chi connectivity index (χ0v) is 18.6. The maximum atomic E-state index is 14.6. The number of para-hydroxylation sites is 1. The summed E-state index contributed by atoms with van der Waals surface area (Å²) in [6.45, 7) is 4.01. The fourth-order valence-electron chi connectivity index (χ4n) is 3.09. The van der Waals surface area contributed by atoms with Crippen molar-refractivity contribution in [1.82, 2.24) is 20.1 Å². The number of benzene rings is 2. The summed E-state index contributed by atoms with van der Waals surface area (Å²) in [6.07, 6.45) is 2.42. The summed E-state index contributed by atoms with van der Waals surface area (Å²) in [5.74, 6) is 1.06. The minimum Gasteiger partial charge on any atom is -0.461 e. The molecule has 1 amide bonds. The lowest BCUT2D eigenvalue weighted by Crippen LogP contribution is -2.31. The van der Waals surface area contributed by atoms with Crippen LogP contribution in [0.1, 0.15) is 36.2 Å². The molecule has 6 nitrogen and oxygen atoms in total. The third-order valence-corrected chi connectivity index (χ3v) is 6.04. The van der Waals surface area contributed by atoms with Crippen LogP contribution in [0.2, 0.25) is 0 Å². The summed E-state index contributed by atoms with van der Waals surface area (Å²) in [5.41, 5.74) is 1.98. The van der Waals surface area contributed by atoms with E-state index in [9.17, 15) is 9.18 Å². The molecule has 0 aliphatic heterocycles. The molecule has 1 atom stereocenters. The number of hydrogen-bond acceptors (Lipinski definition) is 5. The highest BCUT2D eigenvalue weighted by Gasteiger charge is 2.20. The summed E-state index contributed by atoms with van der Waals surface area (Å²) < 4.78 is 21.7. The number of furan rings is 1. The number of rotatable bonds is 8. The van der Waals surface area contributed by atoms with E-state index in [0.717, 1.165) is 12.0 Å². The number of carbonyl (C=O) groups is 1. The second-order valence-corrected chi connectivity index (χ2v) is 8.28. The van der Waals surface area contributed by atoms with Crippen molar-refractivity contribution in [3.63, 3.8) is 0 Å². The molecule has 0 saturated carbocycles. The van der Waals surface area contributed by atoms with Gasteiger partial charge in [0.05, 0.1) is 12.0 Å². The number of halogens is 1. The van der Waals surface area contributed by atoms with Gasteiger partial charge >= 0.3 is 0 Å². The molecule has 2 aromatic heterocycles. The van der Waals surface area contributed by atoms with E-state index in [2.05, 4.69) is 15.5 Å². The number of aromatic nitrogens is 3. The molecule has 0 bridgehead atoms. The normalized spacial score (nSPS) is 12.0. The summed E-state index contributed by atoms with van der Waals surface area (Å²) >= 11 is 1.43. The molecule has 4 rings (SSSR count). The van der Waals surface area contributed by atoms with Crippen LogP contribution in [-0.2, 0) is 5.75 Å². The molecule has 0 saturated heterocycles. The maximum absolute atomic E-state index is 14.6. The van der Waals surface area contributed by atoms with Crippen LogP contribution in [0.4, 0.5) is 4.39 Å². The highest BCUT2D eigenvalue weighted by Crippen LogP contribution is 2.31. The van der Waals surface area contributed by atoms with Gasteiger partial charge in [0.1, 0.15) is 5.82 Å². The van der Waals surface area contributed by atoms with Gasteiger partial charge in [0.15, 0.2) is 10.9 Å². The van der Waals surface area contributed by atoms with Gasteiger partial charge in [0.25, 0.3) is 5.91 Å². The first-order valence-corrected chi connectivity index (χ1v) is 11.3. The zero-order chi connectivity index (χ0) is 22.5. The van der Waals surface area contributed by atoms with Gasteiger partial charge in [-0.3, -0.25) is 9.36 Å². The number of nitrogens with one attached hydrogen (secondary N) is 1. The molecule has 0 radical (unpaired) electrons. The number of amides is 1. The largest absolute Gasteiger partial charge is 0.461 e. The van der Waals surface area contributed by atoms with Gasteiger partial charge in [-0.1, -0.05) is 43.0 Å². The fraction of sp³-hybridized carbons (Fsp3) is 0.208. The Labute approximate surface area is 189 Å². The Morgan fingerprint density at radius 2 is 1.91 bits per heavy atom. The third-order valence-electron chi connectivity index (χ3n) is 5.04. The van der Waals surface area contributed by atoms with Crippen LogP contribution < -0.4 is 5.32 Å². The van der Waals surface area contributed by atoms with Crippen molar-refractivity contribution in [3.8, 4) is 17.3 Å². The molecule has 0 aliphatic rings. The van der Waals surface area contributed by atoms with Crippen molar-refractivity contribution in [1.29, 1.82) is 0 Å². The van der Waals surface area contributed by atoms with E-state index in [0.29, 0.717) is 33.7 Å². The average molecular weight is 451 g/mol. The van der Waals surface area contributed by atoms with Gasteiger partial charge in [-0.2, -0.15) is 0 Å². The molecule has 2 heterocycles. The lowest BCUT2D eigenvalue weighted by Gasteiger charge is -2.12. The Morgan fingerprint density at radius 3 is 2.59 bits per heavy atom. The van der Waals surface area contributed by atoms with E-state index >= 15 is 0 Å². The van der Waals surface area contributed by atoms with Crippen LogP contribution in [0, 0.1) is 5.82 Å². The average Bonchev–Trinajstić information content (AvgIpc) is 3.48. The van der Waals surface area contributed by atoms with Crippen LogP contribution in [-0.4, -0.2) is 26.7 Å². The summed E-state index contributed by atoms with van der Waals surface area (Å²) in [7, 11) is 0. The molecule has 4 aromatic rings. The number of nitrogens with zero attached hydrogens (tertiary/aromatic N) is 3. The van der Waals surface area contributed by atoms with Gasteiger partial charge in [-0.25, -0.2) is 4.39 Å². The highest BCUT2D eigenvalue weighted by molar-refractivity contribution is 7.98. The molecular formula is C24H23FN4O2S. The number of thioether (sulfide) groups is 1. The molecule has 8 heteroatoms. The van der Waals surface area contributed by atoms with Gasteiger partial charge in [-0.15, -0.1) is 10.2 Å². The Balaban J connectivity index is 1.55. The van der Waals surface area contributed by atoms with Crippen LogP contribution in [0.5, 0.6) is 0 Å². The molecular weight excluding hydrogens is 427 g/mol. The predicted octanol–water partition coefficient (Wildman–Crippen LogP) is 5.49. The van der Waals surface area contributed by atoms with Gasteiger partial charge in [0.2, 0.25) is 5.82 Å². The van der Waals surface area contributed by atoms with E-state index in [-0.39, 0.29) is 17.8 Å². The second kappa shape index (κ2) is 9.82. The predicted molar refractivity (Wildman–Crippen MR) is 122 cm³/mol. The Hall–Kier alpha value is -3.39. The van der Waals surface area contributed by atoms with E-state index in [4.69, 9.17) is 4.42 Å². The standard InChI is InChI=1S/C24H23FN4O2S/c1-3-16(2)26-23(30)18-12-10-17(11-13-18)15-32-24-28-27-22(21-9-6-14-31-21)29(24)20-8-5-4-7-19(20)25/h4-14,16H,3,15H2,1-2H3,(H,26,30)/t16-/m1/s1. The van der Waals surface area contributed by atoms with Crippen molar-refractivity contribution in [2.24, 2.45) is 0 Å². The summed E-state index contributed by atoms with van der Waals surface area (Å²) in [6, 6.07) is 17.6. The topological polar surface area (TPSA) is 73.0 Å². The highest BCUT2D eigenvalue weighted by atomic mass is 32.2. The molecule has 32 heavy (non-hydrogen) atoms. The lowest BCUT2D eigenvalue weighted by molar-refractivity contribution is 0.0939. The zero-order valence-electron chi connectivity index (χ0n) is 17.8. The monoisotopic (exact) mass is 450 g/mol. The van der Waals surface area contributed by atoms with Crippen LogP contribution in [0.3, 0.4) is 0 Å². The smallest absolute Gasteiger partial charge is 0.251 e. The van der Waals surface area contributed by atoms with Crippen LogP contribution in [0.15, 0.2) is 76.5 Å². The van der Waals surface area contributed by atoms with Crippen molar-refractivity contribution < 1.29 is 13.6 Å². The molecule has 2 aromatic carbocycles. The van der Waals surface area contributed by atoms with Crippen molar-refractivity contribution in [3.05, 3.63) is 83.9 Å².